The van der Waals surface area contributed by atoms with Gasteiger partial charge < -0.3 is 0 Å². The van der Waals surface area contributed by atoms with Crippen molar-refractivity contribution in [1.82, 2.24) is 0 Å². The van der Waals surface area contributed by atoms with Crippen molar-refractivity contribution < 1.29 is 4.79 Å². The zero-order chi connectivity index (χ0) is 10.8. The van der Waals surface area contributed by atoms with Crippen LogP contribution in [-0.2, 0) is 0 Å². The van der Waals surface area contributed by atoms with Crippen LogP contribution in [0, 0.1) is 6.92 Å². The van der Waals surface area contributed by atoms with Gasteiger partial charge in [-0.25, -0.2) is 0 Å². The summed E-state index contributed by atoms with van der Waals surface area (Å²) in [5.74, 6) is 0.0600. The summed E-state index contributed by atoms with van der Waals surface area (Å²) in [6.45, 7) is 1.99. The Morgan fingerprint density at radius 3 is 2.33 bits per heavy atom. The van der Waals surface area contributed by atoms with Gasteiger partial charge >= 0.3 is 0 Å². The summed E-state index contributed by atoms with van der Waals surface area (Å²) in [5.41, 5.74) is 0.682. The van der Waals surface area contributed by atoms with E-state index in [0.717, 1.165) is 9.75 Å². The maximum atomic E-state index is 11.9. The molecule has 0 unspecified atom stereocenters. The molecule has 0 saturated heterocycles. The first kappa shape index (κ1) is 10.4. The molecule has 1 aromatic heterocycles. The van der Waals surface area contributed by atoms with Gasteiger partial charge in [-0.2, -0.15) is 0 Å². The molecule has 0 radical (unpaired) electrons. The maximum absolute atomic E-state index is 11.9. The van der Waals surface area contributed by atoms with E-state index < -0.39 is 0 Å². The van der Waals surface area contributed by atoms with Crippen LogP contribution in [0.4, 0.5) is 0 Å². The minimum atomic E-state index is 0.0600. The van der Waals surface area contributed by atoms with E-state index in [9.17, 15) is 4.79 Å². The lowest BCUT2D eigenvalue weighted by atomic mass is 10.1. The van der Waals surface area contributed by atoms with Gasteiger partial charge in [-0.15, -0.1) is 11.3 Å². The fraction of sp³-hybridized carbons (Fsp3) is 0.0833. The number of hydrogen-bond acceptors (Lipinski definition) is 2. The lowest BCUT2D eigenvalue weighted by Gasteiger charge is -1.97. The summed E-state index contributed by atoms with van der Waals surface area (Å²) in [5, 5.41) is 0.647. The molecule has 1 nitrogen and oxygen atoms in total. The second-order valence-corrected chi connectivity index (χ2v) is 4.97. The van der Waals surface area contributed by atoms with Gasteiger partial charge in [0.1, 0.15) is 0 Å². The lowest BCUT2D eigenvalue weighted by molar-refractivity contribution is 0.104. The van der Waals surface area contributed by atoms with E-state index in [4.69, 9.17) is 11.6 Å². The minimum Gasteiger partial charge on any atom is -0.288 e. The number of rotatable bonds is 2. The van der Waals surface area contributed by atoms with Crippen molar-refractivity contribution in [2.75, 3.05) is 0 Å². The molecule has 2 rings (SSSR count). The Bertz CT molecular complexity index is 485. The van der Waals surface area contributed by atoms with Crippen molar-refractivity contribution in [3.63, 3.8) is 0 Å². The van der Waals surface area contributed by atoms with Crippen LogP contribution in [-0.4, -0.2) is 5.78 Å². The standard InChI is InChI=1S/C12H9ClOS/c1-8-2-7-11(15-8)12(14)9-3-5-10(13)6-4-9/h2-7H,1H3. The molecule has 0 spiro atoms. The SMILES string of the molecule is Cc1ccc(C(=O)c2ccc(Cl)cc2)s1. The third-order valence-corrected chi connectivity index (χ3v) is 3.32. The number of hydrogen-bond donors (Lipinski definition) is 0. The topological polar surface area (TPSA) is 17.1 Å². The average molecular weight is 237 g/mol. The van der Waals surface area contributed by atoms with Crippen LogP contribution in [0.1, 0.15) is 20.1 Å². The van der Waals surface area contributed by atoms with Crippen molar-refractivity contribution in [3.05, 3.63) is 56.7 Å². The highest BCUT2D eigenvalue weighted by Gasteiger charge is 2.10. The van der Waals surface area contributed by atoms with Gasteiger partial charge in [0, 0.05) is 15.5 Å². The van der Waals surface area contributed by atoms with Gasteiger partial charge in [-0.05, 0) is 43.3 Å². The predicted molar refractivity (Wildman–Crippen MR) is 63.9 cm³/mol. The van der Waals surface area contributed by atoms with Crippen LogP contribution < -0.4 is 0 Å². The molecule has 76 valence electrons. The number of thiophene rings is 1. The molecule has 0 saturated carbocycles. The van der Waals surface area contributed by atoms with Crippen molar-refractivity contribution in [3.8, 4) is 0 Å². The number of halogens is 1. The zero-order valence-corrected chi connectivity index (χ0v) is 9.73. The molecule has 3 heteroatoms. The van der Waals surface area contributed by atoms with Crippen LogP contribution in [0.3, 0.4) is 0 Å². The highest BCUT2D eigenvalue weighted by molar-refractivity contribution is 7.14. The summed E-state index contributed by atoms with van der Waals surface area (Å²) in [7, 11) is 0. The molecule has 1 aromatic carbocycles. The molecule has 0 N–H and O–H groups in total. The molecule has 0 aliphatic heterocycles. The molecular formula is C12H9ClOS. The Morgan fingerprint density at radius 2 is 1.80 bits per heavy atom. The summed E-state index contributed by atoms with van der Waals surface area (Å²) >= 11 is 7.27. The van der Waals surface area contributed by atoms with Gasteiger partial charge in [0.25, 0.3) is 0 Å². The molecule has 0 bridgehead atoms. The molecular weight excluding hydrogens is 228 g/mol. The highest BCUT2D eigenvalue weighted by atomic mass is 35.5. The molecule has 0 atom stereocenters. The van der Waals surface area contributed by atoms with Crippen LogP contribution in [0.2, 0.25) is 5.02 Å². The number of carbonyl (C=O) groups is 1. The lowest BCUT2D eigenvalue weighted by Crippen LogP contribution is -1.97. The first-order valence-corrected chi connectivity index (χ1v) is 5.73. The van der Waals surface area contributed by atoms with Crippen LogP contribution in [0.15, 0.2) is 36.4 Å². The van der Waals surface area contributed by atoms with Gasteiger partial charge in [0.05, 0.1) is 4.88 Å². The second kappa shape index (κ2) is 4.17. The molecule has 2 aromatic rings. The van der Waals surface area contributed by atoms with E-state index in [2.05, 4.69) is 0 Å². The van der Waals surface area contributed by atoms with Gasteiger partial charge in [0.2, 0.25) is 5.78 Å². The Kier molecular flexibility index (Phi) is 2.89. The Balaban J connectivity index is 2.32. The number of carbonyl (C=O) groups excluding carboxylic acids is 1. The molecule has 1 heterocycles. The smallest absolute Gasteiger partial charge is 0.202 e. The second-order valence-electron chi connectivity index (χ2n) is 3.25. The van der Waals surface area contributed by atoms with Crippen LogP contribution in [0.5, 0.6) is 0 Å². The van der Waals surface area contributed by atoms with Gasteiger partial charge in [-0.1, -0.05) is 11.6 Å². The normalized spacial score (nSPS) is 10.3. The van der Waals surface area contributed by atoms with Crippen molar-refractivity contribution in [2.24, 2.45) is 0 Å². The van der Waals surface area contributed by atoms with Crippen LogP contribution in [0.25, 0.3) is 0 Å². The Hall–Kier alpha value is -1.12. The quantitative estimate of drug-likeness (QED) is 0.722. The average Bonchev–Trinajstić information content (AvgIpc) is 2.65. The first-order chi connectivity index (χ1) is 7.16. The van der Waals surface area contributed by atoms with Gasteiger partial charge in [-0.3, -0.25) is 4.79 Å². The first-order valence-electron chi connectivity index (χ1n) is 4.53. The molecule has 0 aliphatic rings. The van der Waals surface area contributed by atoms with Crippen molar-refractivity contribution >= 4 is 28.7 Å². The maximum Gasteiger partial charge on any atom is 0.202 e. The summed E-state index contributed by atoms with van der Waals surface area (Å²) < 4.78 is 0. The number of aryl methyl sites for hydroxylation is 1. The molecule has 0 fully saturated rings. The summed E-state index contributed by atoms with van der Waals surface area (Å²) in [6, 6.07) is 10.8. The van der Waals surface area contributed by atoms with E-state index in [1.807, 2.05) is 19.1 Å². The summed E-state index contributed by atoms with van der Waals surface area (Å²) in [6.07, 6.45) is 0. The molecule has 0 amide bonds. The van der Waals surface area contributed by atoms with E-state index in [-0.39, 0.29) is 5.78 Å². The third-order valence-electron chi connectivity index (χ3n) is 2.07. The largest absolute Gasteiger partial charge is 0.288 e. The third kappa shape index (κ3) is 2.28. The minimum absolute atomic E-state index is 0.0600. The Labute approximate surface area is 97.3 Å². The monoisotopic (exact) mass is 236 g/mol. The Morgan fingerprint density at radius 1 is 1.13 bits per heavy atom. The van der Waals surface area contributed by atoms with E-state index in [0.29, 0.717) is 10.6 Å². The van der Waals surface area contributed by atoms with E-state index in [1.54, 1.807) is 24.3 Å². The fourth-order valence-corrected chi connectivity index (χ4v) is 2.26. The molecule has 15 heavy (non-hydrogen) atoms. The molecule has 0 aliphatic carbocycles. The number of benzene rings is 1. The van der Waals surface area contributed by atoms with Crippen molar-refractivity contribution in [1.29, 1.82) is 0 Å². The predicted octanol–water partition coefficient (Wildman–Crippen LogP) is 3.94. The fourth-order valence-electron chi connectivity index (χ4n) is 1.30. The zero-order valence-electron chi connectivity index (χ0n) is 8.16. The number of ketones is 1. The highest BCUT2D eigenvalue weighted by Crippen LogP contribution is 2.20. The van der Waals surface area contributed by atoms with Crippen molar-refractivity contribution in [2.45, 2.75) is 6.92 Å². The summed E-state index contributed by atoms with van der Waals surface area (Å²) in [4.78, 5) is 13.9. The van der Waals surface area contributed by atoms with Crippen LogP contribution >= 0.6 is 22.9 Å². The van der Waals surface area contributed by atoms with E-state index >= 15 is 0 Å². The van der Waals surface area contributed by atoms with E-state index in [1.165, 1.54) is 11.3 Å². The van der Waals surface area contributed by atoms with Gasteiger partial charge in [0.15, 0.2) is 0 Å².